The van der Waals surface area contributed by atoms with Crippen molar-refractivity contribution in [2.24, 2.45) is 0 Å². The zero-order chi connectivity index (χ0) is 11.5. The van der Waals surface area contributed by atoms with Crippen LogP contribution in [0.1, 0.15) is 16.5 Å². The minimum Gasteiger partial charge on any atom is -0.312 e. The number of likely N-dealkylation sites (N-methyl/N-ethyl adjacent to an activating group) is 2. The molecule has 4 heteroatoms. The molecule has 2 heterocycles. The molecule has 0 aliphatic carbocycles. The van der Waals surface area contributed by atoms with Crippen LogP contribution < -0.4 is 5.32 Å². The Kier molecular flexibility index (Phi) is 4.30. The van der Waals surface area contributed by atoms with Gasteiger partial charge in [0.1, 0.15) is 0 Å². The van der Waals surface area contributed by atoms with Crippen molar-refractivity contribution in [2.45, 2.75) is 19.0 Å². The second-order valence-corrected chi connectivity index (χ2v) is 6.65. The third kappa shape index (κ3) is 2.62. The molecule has 0 aromatic carbocycles. The van der Waals surface area contributed by atoms with Crippen molar-refractivity contribution in [3.8, 4) is 0 Å². The summed E-state index contributed by atoms with van der Waals surface area (Å²) in [7, 11) is 4.32. The second kappa shape index (κ2) is 5.54. The number of hydrogen-bond donors (Lipinski definition) is 1. The summed E-state index contributed by atoms with van der Waals surface area (Å²) in [6.45, 7) is 3.39. The van der Waals surface area contributed by atoms with Gasteiger partial charge in [-0.15, -0.1) is 11.3 Å². The minimum absolute atomic E-state index is 0.475. The van der Waals surface area contributed by atoms with Gasteiger partial charge in [0.25, 0.3) is 0 Å². The summed E-state index contributed by atoms with van der Waals surface area (Å²) in [5, 5.41) is 5.78. The van der Waals surface area contributed by atoms with E-state index in [0.29, 0.717) is 12.1 Å². The van der Waals surface area contributed by atoms with Gasteiger partial charge in [0, 0.05) is 35.0 Å². The lowest BCUT2D eigenvalue weighted by molar-refractivity contribution is 0.221. The number of hydrogen-bond acceptors (Lipinski definition) is 4. The predicted octanol–water partition coefficient (Wildman–Crippen LogP) is 2.36. The second-order valence-electron chi connectivity index (χ2n) is 4.38. The molecule has 2 unspecified atom stereocenters. The Hall–Kier alpha value is -0.0300. The van der Waals surface area contributed by atoms with Crippen molar-refractivity contribution in [3.05, 3.63) is 21.9 Å². The summed E-state index contributed by atoms with van der Waals surface area (Å²) in [5.74, 6) is 2.50. The maximum absolute atomic E-state index is 3.48. The largest absolute Gasteiger partial charge is 0.312 e. The zero-order valence-electron chi connectivity index (χ0n) is 10.2. The molecule has 0 spiro atoms. The van der Waals surface area contributed by atoms with E-state index in [-0.39, 0.29) is 0 Å². The number of thiophene rings is 1. The lowest BCUT2D eigenvalue weighted by Gasteiger charge is -2.37. The van der Waals surface area contributed by atoms with Crippen LogP contribution in [0, 0.1) is 6.92 Å². The Bertz CT molecular complexity index is 338. The fourth-order valence-electron chi connectivity index (χ4n) is 2.26. The zero-order valence-corrected chi connectivity index (χ0v) is 11.8. The molecule has 1 fully saturated rings. The van der Waals surface area contributed by atoms with E-state index in [2.05, 4.69) is 54.4 Å². The van der Waals surface area contributed by atoms with Gasteiger partial charge in [-0.1, -0.05) is 0 Å². The van der Waals surface area contributed by atoms with E-state index >= 15 is 0 Å². The fraction of sp³-hybridized carbons (Fsp3) is 0.667. The van der Waals surface area contributed by atoms with E-state index < -0.39 is 0 Å². The van der Waals surface area contributed by atoms with Crippen LogP contribution in [0.15, 0.2) is 11.4 Å². The monoisotopic (exact) mass is 256 g/mol. The van der Waals surface area contributed by atoms with Gasteiger partial charge in [0.05, 0.1) is 0 Å². The maximum Gasteiger partial charge on any atom is 0.0492 e. The highest BCUT2D eigenvalue weighted by molar-refractivity contribution is 7.99. The van der Waals surface area contributed by atoms with Crippen LogP contribution in [0.2, 0.25) is 0 Å². The highest BCUT2D eigenvalue weighted by Gasteiger charge is 2.28. The summed E-state index contributed by atoms with van der Waals surface area (Å²) in [4.78, 5) is 3.89. The first-order valence-electron chi connectivity index (χ1n) is 5.72. The molecule has 1 aliphatic heterocycles. The number of nitrogens with zero attached hydrogens (tertiary/aromatic N) is 1. The number of thioether (sulfide) groups is 1. The molecule has 0 saturated carbocycles. The Morgan fingerprint density at radius 2 is 2.38 bits per heavy atom. The molecule has 16 heavy (non-hydrogen) atoms. The predicted molar refractivity (Wildman–Crippen MR) is 74.6 cm³/mol. The van der Waals surface area contributed by atoms with Crippen LogP contribution in [0.3, 0.4) is 0 Å². The molecule has 1 aliphatic rings. The van der Waals surface area contributed by atoms with Crippen LogP contribution in [0.5, 0.6) is 0 Å². The Balaban J connectivity index is 2.14. The van der Waals surface area contributed by atoms with Gasteiger partial charge in [0.2, 0.25) is 0 Å². The molecule has 90 valence electrons. The lowest BCUT2D eigenvalue weighted by Crippen LogP contribution is -2.46. The molecule has 0 radical (unpaired) electrons. The first kappa shape index (κ1) is 12.4. The van der Waals surface area contributed by atoms with Crippen LogP contribution in [0.25, 0.3) is 0 Å². The standard InChI is InChI=1S/C12H20N2S2/c1-9-6-10(7-16-9)12(13-2)11-8-15-5-4-14(11)3/h6-7,11-13H,4-5,8H2,1-3H3. The van der Waals surface area contributed by atoms with Gasteiger partial charge in [-0.3, -0.25) is 4.90 Å². The van der Waals surface area contributed by atoms with E-state index in [1.165, 1.54) is 28.5 Å². The first-order valence-corrected chi connectivity index (χ1v) is 7.76. The molecule has 0 amide bonds. The summed E-state index contributed by atoms with van der Waals surface area (Å²) in [6.07, 6.45) is 0. The summed E-state index contributed by atoms with van der Waals surface area (Å²) < 4.78 is 0. The average Bonchev–Trinajstić information content (AvgIpc) is 2.69. The van der Waals surface area contributed by atoms with Gasteiger partial charge >= 0.3 is 0 Å². The SMILES string of the molecule is CNC(c1csc(C)c1)C1CSCCN1C. The van der Waals surface area contributed by atoms with Crippen molar-refractivity contribution in [3.63, 3.8) is 0 Å². The van der Waals surface area contributed by atoms with E-state index in [1.54, 1.807) is 0 Å². The molecule has 1 saturated heterocycles. The molecule has 1 N–H and O–H groups in total. The first-order chi connectivity index (χ1) is 7.72. The Labute approximate surface area is 106 Å². The third-order valence-corrected chi connectivity index (χ3v) is 5.18. The molecular weight excluding hydrogens is 236 g/mol. The van der Waals surface area contributed by atoms with Crippen molar-refractivity contribution in [1.29, 1.82) is 0 Å². The highest BCUT2D eigenvalue weighted by Crippen LogP contribution is 2.29. The number of nitrogens with one attached hydrogen (secondary N) is 1. The topological polar surface area (TPSA) is 15.3 Å². The molecule has 2 atom stereocenters. The lowest BCUT2D eigenvalue weighted by atomic mass is 10.0. The Morgan fingerprint density at radius 3 is 2.94 bits per heavy atom. The van der Waals surface area contributed by atoms with Crippen LogP contribution in [-0.2, 0) is 0 Å². The van der Waals surface area contributed by atoms with E-state index in [9.17, 15) is 0 Å². The van der Waals surface area contributed by atoms with Gasteiger partial charge in [-0.25, -0.2) is 0 Å². The number of rotatable bonds is 3. The number of aryl methyl sites for hydroxylation is 1. The van der Waals surface area contributed by atoms with Crippen LogP contribution in [0.4, 0.5) is 0 Å². The molecule has 1 aromatic heterocycles. The maximum atomic E-state index is 3.48. The summed E-state index contributed by atoms with van der Waals surface area (Å²) in [5.41, 5.74) is 1.45. The smallest absolute Gasteiger partial charge is 0.0492 e. The Morgan fingerprint density at radius 1 is 1.56 bits per heavy atom. The van der Waals surface area contributed by atoms with E-state index in [1.807, 2.05) is 11.3 Å². The summed E-state index contributed by atoms with van der Waals surface area (Å²) >= 11 is 3.92. The fourth-order valence-corrected chi connectivity index (χ4v) is 4.28. The van der Waals surface area contributed by atoms with Crippen molar-refractivity contribution in [1.82, 2.24) is 10.2 Å². The van der Waals surface area contributed by atoms with E-state index in [0.717, 1.165) is 0 Å². The normalized spacial score (nSPS) is 24.6. The van der Waals surface area contributed by atoms with Crippen LogP contribution in [-0.4, -0.2) is 43.1 Å². The van der Waals surface area contributed by atoms with Gasteiger partial charge in [-0.2, -0.15) is 11.8 Å². The molecular formula is C12H20N2S2. The van der Waals surface area contributed by atoms with Crippen molar-refractivity contribution in [2.75, 3.05) is 32.1 Å². The van der Waals surface area contributed by atoms with Gasteiger partial charge in [-0.05, 0) is 38.0 Å². The van der Waals surface area contributed by atoms with E-state index in [4.69, 9.17) is 0 Å². The van der Waals surface area contributed by atoms with Crippen LogP contribution >= 0.6 is 23.1 Å². The van der Waals surface area contributed by atoms with Gasteiger partial charge in [0.15, 0.2) is 0 Å². The molecule has 2 nitrogen and oxygen atoms in total. The average molecular weight is 256 g/mol. The van der Waals surface area contributed by atoms with Crippen molar-refractivity contribution < 1.29 is 0 Å². The van der Waals surface area contributed by atoms with Crippen molar-refractivity contribution >= 4 is 23.1 Å². The quantitative estimate of drug-likeness (QED) is 0.894. The molecule has 0 bridgehead atoms. The summed E-state index contributed by atoms with van der Waals surface area (Å²) in [6, 6.07) is 3.42. The highest BCUT2D eigenvalue weighted by atomic mass is 32.2. The van der Waals surface area contributed by atoms with Gasteiger partial charge < -0.3 is 5.32 Å². The molecule has 2 rings (SSSR count). The minimum atomic E-state index is 0.475. The molecule has 1 aromatic rings. The third-order valence-electron chi connectivity index (χ3n) is 3.25.